The van der Waals surface area contributed by atoms with Gasteiger partial charge in [-0.25, -0.2) is 4.39 Å². The predicted molar refractivity (Wildman–Crippen MR) is 78.4 cm³/mol. The molecule has 3 nitrogen and oxygen atoms in total. The first-order valence-corrected chi connectivity index (χ1v) is 7.55. The zero-order chi connectivity index (χ0) is 14.3. The second-order valence-electron chi connectivity index (χ2n) is 6.14. The number of benzene rings is 1. The Bertz CT molecular complexity index is 491. The van der Waals surface area contributed by atoms with Crippen LogP contribution in [0.4, 0.5) is 10.1 Å². The first-order valence-electron chi connectivity index (χ1n) is 7.55. The average Bonchev–Trinajstić information content (AvgIpc) is 2.84. The Morgan fingerprint density at radius 3 is 2.90 bits per heavy atom. The van der Waals surface area contributed by atoms with E-state index in [9.17, 15) is 9.50 Å². The Morgan fingerprint density at radius 1 is 1.35 bits per heavy atom. The molecule has 0 saturated carbocycles. The van der Waals surface area contributed by atoms with E-state index in [2.05, 4.69) is 16.7 Å². The summed E-state index contributed by atoms with van der Waals surface area (Å²) in [4.78, 5) is 4.82. The third-order valence-electron chi connectivity index (χ3n) is 4.69. The molecule has 0 spiro atoms. The van der Waals surface area contributed by atoms with Gasteiger partial charge in [-0.3, -0.25) is 4.90 Å². The van der Waals surface area contributed by atoms with Gasteiger partial charge in [0.15, 0.2) is 0 Å². The number of nitrogens with zero attached hydrogens (tertiary/aromatic N) is 2. The zero-order valence-electron chi connectivity index (χ0n) is 12.2. The van der Waals surface area contributed by atoms with Gasteiger partial charge in [0.2, 0.25) is 0 Å². The lowest BCUT2D eigenvalue weighted by atomic mass is 10.0. The van der Waals surface area contributed by atoms with Crippen molar-refractivity contribution in [1.82, 2.24) is 4.90 Å². The summed E-state index contributed by atoms with van der Waals surface area (Å²) in [5.41, 5.74) is 1.30. The van der Waals surface area contributed by atoms with E-state index in [0.717, 1.165) is 18.8 Å². The van der Waals surface area contributed by atoms with Crippen LogP contribution in [0.25, 0.3) is 0 Å². The normalized spacial score (nSPS) is 28.5. The summed E-state index contributed by atoms with van der Waals surface area (Å²) >= 11 is 0. The molecule has 2 saturated heterocycles. The molecule has 0 bridgehead atoms. The van der Waals surface area contributed by atoms with Crippen LogP contribution in [0.3, 0.4) is 0 Å². The highest BCUT2D eigenvalue weighted by Crippen LogP contribution is 2.34. The third kappa shape index (κ3) is 2.31. The van der Waals surface area contributed by atoms with Crippen molar-refractivity contribution in [2.24, 2.45) is 0 Å². The molecular formula is C16H23FN2O. The minimum atomic E-state index is -0.778. The standard InChI is InChI=1S/C16H23FN2O/c1-11-9-18-8-4-5-13(18)10-19(11)15-7-3-6-14(17)16(15)12(2)20/h3,6-7,11-13,20H,4-5,8-10H2,1-2H3/t11?,12-,13?/m0/s1. The lowest BCUT2D eigenvalue weighted by Crippen LogP contribution is -2.55. The average molecular weight is 278 g/mol. The van der Waals surface area contributed by atoms with Gasteiger partial charge in [0.05, 0.1) is 6.10 Å². The topological polar surface area (TPSA) is 26.7 Å². The van der Waals surface area contributed by atoms with E-state index in [-0.39, 0.29) is 5.82 Å². The second kappa shape index (κ2) is 5.34. The number of anilines is 1. The van der Waals surface area contributed by atoms with Crippen molar-refractivity contribution in [3.05, 3.63) is 29.6 Å². The molecule has 1 N–H and O–H groups in total. The second-order valence-corrected chi connectivity index (χ2v) is 6.14. The van der Waals surface area contributed by atoms with Crippen LogP contribution in [-0.2, 0) is 0 Å². The Morgan fingerprint density at radius 2 is 2.15 bits per heavy atom. The molecule has 1 aromatic rings. The molecule has 20 heavy (non-hydrogen) atoms. The third-order valence-corrected chi connectivity index (χ3v) is 4.69. The molecule has 0 aromatic heterocycles. The number of hydrogen-bond acceptors (Lipinski definition) is 3. The number of aliphatic hydroxyl groups excluding tert-OH is 1. The predicted octanol–water partition coefficient (Wildman–Crippen LogP) is 2.55. The smallest absolute Gasteiger partial charge is 0.131 e. The number of halogens is 1. The van der Waals surface area contributed by atoms with Crippen LogP contribution < -0.4 is 4.90 Å². The van der Waals surface area contributed by atoms with Crippen LogP contribution in [0.1, 0.15) is 38.4 Å². The summed E-state index contributed by atoms with van der Waals surface area (Å²) in [5.74, 6) is -0.307. The van der Waals surface area contributed by atoms with Gasteiger partial charge in [-0.1, -0.05) is 6.07 Å². The fourth-order valence-corrected chi connectivity index (χ4v) is 3.71. The van der Waals surface area contributed by atoms with E-state index in [0.29, 0.717) is 17.6 Å². The quantitative estimate of drug-likeness (QED) is 0.900. The van der Waals surface area contributed by atoms with Gasteiger partial charge in [0, 0.05) is 36.4 Å². The molecule has 0 aliphatic carbocycles. The van der Waals surface area contributed by atoms with Crippen LogP contribution in [0, 0.1) is 5.82 Å². The van der Waals surface area contributed by atoms with Crippen molar-refractivity contribution >= 4 is 5.69 Å². The maximum absolute atomic E-state index is 14.1. The lowest BCUT2D eigenvalue weighted by molar-refractivity contribution is 0.188. The molecule has 0 radical (unpaired) electrons. The van der Waals surface area contributed by atoms with Crippen LogP contribution >= 0.6 is 0 Å². The van der Waals surface area contributed by atoms with Gasteiger partial charge in [0.1, 0.15) is 5.82 Å². The molecule has 4 heteroatoms. The van der Waals surface area contributed by atoms with Crippen molar-refractivity contribution in [2.45, 2.75) is 44.9 Å². The number of fused-ring (bicyclic) bond motifs is 1. The molecular weight excluding hydrogens is 255 g/mol. The van der Waals surface area contributed by atoms with Crippen LogP contribution in [0.5, 0.6) is 0 Å². The number of hydrogen-bond donors (Lipinski definition) is 1. The van der Waals surface area contributed by atoms with Crippen LogP contribution in [-0.4, -0.2) is 41.7 Å². The first kappa shape index (κ1) is 13.8. The molecule has 2 aliphatic rings. The Hall–Kier alpha value is -1.13. The minimum absolute atomic E-state index is 0.307. The zero-order valence-corrected chi connectivity index (χ0v) is 12.2. The Balaban J connectivity index is 1.94. The fraction of sp³-hybridized carbons (Fsp3) is 0.625. The maximum Gasteiger partial charge on any atom is 0.131 e. The van der Waals surface area contributed by atoms with Crippen molar-refractivity contribution in [3.8, 4) is 0 Å². The van der Waals surface area contributed by atoms with Gasteiger partial charge in [-0.05, 0) is 45.4 Å². The highest BCUT2D eigenvalue weighted by Gasteiger charge is 2.35. The van der Waals surface area contributed by atoms with Gasteiger partial charge in [-0.2, -0.15) is 0 Å². The Kier molecular flexibility index (Phi) is 3.69. The lowest BCUT2D eigenvalue weighted by Gasteiger charge is -2.44. The largest absolute Gasteiger partial charge is 0.389 e. The summed E-state index contributed by atoms with van der Waals surface area (Å²) < 4.78 is 14.1. The van der Waals surface area contributed by atoms with Crippen molar-refractivity contribution in [1.29, 1.82) is 0 Å². The number of rotatable bonds is 2. The summed E-state index contributed by atoms with van der Waals surface area (Å²) in [5, 5.41) is 9.91. The highest BCUT2D eigenvalue weighted by molar-refractivity contribution is 5.56. The Labute approximate surface area is 120 Å². The van der Waals surface area contributed by atoms with Gasteiger partial charge >= 0.3 is 0 Å². The molecule has 2 unspecified atom stereocenters. The number of piperazine rings is 1. The van der Waals surface area contributed by atoms with Crippen molar-refractivity contribution in [2.75, 3.05) is 24.5 Å². The minimum Gasteiger partial charge on any atom is -0.389 e. The number of aliphatic hydroxyl groups is 1. The van der Waals surface area contributed by atoms with Gasteiger partial charge in [-0.15, -0.1) is 0 Å². The molecule has 2 fully saturated rings. The van der Waals surface area contributed by atoms with Crippen molar-refractivity contribution < 1.29 is 9.50 Å². The van der Waals surface area contributed by atoms with E-state index in [1.165, 1.54) is 25.5 Å². The van der Waals surface area contributed by atoms with Gasteiger partial charge < -0.3 is 10.0 Å². The molecule has 3 rings (SSSR count). The molecule has 110 valence electrons. The van der Waals surface area contributed by atoms with Crippen LogP contribution in [0.15, 0.2) is 18.2 Å². The molecule has 2 aliphatic heterocycles. The van der Waals surface area contributed by atoms with Crippen molar-refractivity contribution in [3.63, 3.8) is 0 Å². The van der Waals surface area contributed by atoms with E-state index < -0.39 is 6.10 Å². The summed E-state index contributed by atoms with van der Waals surface area (Å²) in [6.07, 6.45) is 1.71. The fourth-order valence-electron chi connectivity index (χ4n) is 3.71. The summed E-state index contributed by atoms with van der Waals surface area (Å²) in [6, 6.07) is 6.04. The van der Waals surface area contributed by atoms with E-state index in [1.54, 1.807) is 13.0 Å². The summed E-state index contributed by atoms with van der Waals surface area (Å²) in [6.45, 7) is 6.98. The van der Waals surface area contributed by atoms with Crippen LogP contribution in [0.2, 0.25) is 0 Å². The van der Waals surface area contributed by atoms with Gasteiger partial charge in [0.25, 0.3) is 0 Å². The maximum atomic E-state index is 14.1. The highest BCUT2D eigenvalue weighted by atomic mass is 19.1. The SMILES string of the molecule is CC1CN2CCCC2CN1c1cccc(F)c1[C@H](C)O. The monoisotopic (exact) mass is 278 g/mol. The molecule has 0 amide bonds. The van der Waals surface area contributed by atoms with E-state index in [4.69, 9.17) is 0 Å². The molecule has 3 atom stereocenters. The van der Waals surface area contributed by atoms with E-state index >= 15 is 0 Å². The first-order chi connectivity index (χ1) is 9.58. The van der Waals surface area contributed by atoms with E-state index in [1.807, 2.05) is 6.07 Å². The molecule has 1 aromatic carbocycles. The summed E-state index contributed by atoms with van der Waals surface area (Å²) in [7, 11) is 0. The molecule has 2 heterocycles.